The third kappa shape index (κ3) is 2.73. The van der Waals surface area contributed by atoms with Gasteiger partial charge in [0.05, 0.1) is 0 Å². The van der Waals surface area contributed by atoms with E-state index in [4.69, 9.17) is 0 Å². The maximum atomic E-state index is 11.4. The first-order valence-corrected chi connectivity index (χ1v) is 4.56. The average Bonchev–Trinajstić information content (AvgIpc) is 2.19. The SMILES string of the molecule is C/C(=C\C(=O)N(C)C)c1ccccc1. The molecule has 0 aliphatic carbocycles. The van der Waals surface area contributed by atoms with Crippen LogP contribution < -0.4 is 0 Å². The van der Waals surface area contributed by atoms with Crippen molar-refractivity contribution >= 4 is 11.5 Å². The highest BCUT2D eigenvalue weighted by Gasteiger charge is 2.01. The van der Waals surface area contributed by atoms with Crippen molar-refractivity contribution in [2.75, 3.05) is 14.1 Å². The molecule has 0 radical (unpaired) electrons. The van der Waals surface area contributed by atoms with Crippen LogP contribution >= 0.6 is 0 Å². The van der Waals surface area contributed by atoms with Gasteiger partial charge in [-0.3, -0.25) is 4.79 Å². The molecule has 0 saturated heterocycles. The van der Waals surface area contributed by atoms with Crippen LogP contribution in [0.1, 0.15) is 12.5 Å². The van der Waals surface area contributed by atoms with Gasteiger partial charge in [0, 0.05) is 20.2 Å². The van der Waals surface area contributed by atoms with E-state index in [-0.39, 0.29) is 5.91 Å². The second-order valence-electron chi connectivity index (χ2n) is 3.43. The Morgan fingerprint density at radius 2 is 1.79 bits per heavy atom. The summed E-state index contributed by atoms with van der Waals surface area (Å²) in [6, 6.07) is 9.88. The minimum absolute atomic E-state index is 0.0198. The van der Waals surface area contributed by atoms with Gasteiger partial charge in [-0.15, -0.1) is 0 Å². The number of likely N-dealkylation sites (N-methyl/N-ethyl adjacent to an activating group) is 1. The van der Waals surface area contributed by atoms with Gasteiger partial charge in [0.25, 0.3) is 0 Å². The zero-order chi connectivity index (χ0) is 10.6. The molecule has 0 spiro atoms. The Morgan fingerprint density at radius 1 is 1.21 bits per heavy atom. The second kappa shape index (κ2) is 4.61. The highest BCUT2D eigenvalue weighted by molar-refractivity contribution is 5.94. The minimum Gasteiger partial charge on any atom is -0.345 e. The first kappa shape index (κ1) is 10.5. The number of rotatable bonds is 2. The molecule has 1 amide bonds. The third-order valence-electron chi connectivity index (χ3n) is 2.01. The van der Waals surface area contributed by atoms with E-state index in [9.17, 15) is 4.79 Å². The second-order valence-corrected chi connectivity index (χ2v) is 3.43. The Labute approximate surface area is 84.9 Å². The maximum Gasteiger partial charge on any atom is 0.246 e. The Balaban J connectivity index is 2.85. The van der Waals surface area contributed by atoms with Gasteiger partial charge < -0.3 is 4.90 Å². The van der Waals surface area contributed by atoms with Crippen molar-refractivity contribution in [3.05, 3.63) is 42.0 Å². The summed E-state index contributed by atoms with van der Waals surface area (Å²) in [5, 5.41) is 0. The van der Waals surface area contributed by atoms with Crippen molar-refractivity contribution in [2.24, 2.45) is 0 Å². The fourth-order valence-corrected chi connectivity index (χ4v) is 1.10. The Hall–Kier alpha value is -1.57. The molecule has 2 nitrogen and oxygen atoms in total. The van der Waals surface area contributed by atoms with Crippen molar-refractivity contribution in [1.82, 2.24) is 4.90 Å². The van der Waals surface area contributed by atoms with Crippen LogP contribution in [-0.4, -0.2) is 24.9 Å². The monoisotopic (exact) mass is 189 g/mol. The average molecular weight is 189 g/mol. The first-order valence-electron chi connectivity index (χ1n) is 4.56. The van der Waals surface area contributed by atoms with Crippen molar-refractivity contribution in [3.63, 3.8) is 0 Å². The Bertz CT molecular complexity index is 339. The molecule has 0 N–H and O–H groups in total. The molecule has 74 valence electrons. The molecule has 1 aromatic carbocycles. The molecule has 14 heavy (non-hydrogen) atoms. The first-order chi connectivity index (χ1) is 6.61. The molecule has 1 rings (SSSR count). The standard InChI is InChI=1S/C12H15NO/c1-10(9-12(14)13(2)3)11-7-5-4-6-8-11/h4-9H,1-3H3/b10-9+. The van der Waals surface area contributed by atoms with Gasteiger partial charge in [0.2, 0.25) is 5.91 Å². The number of nitrogens with zero attached hydrogens (tertiary/aromatic N) is 1. The van der Waals surface area contributed by atoms with E-state index in [0.29, 0.717) is 0 Å². The fourth-order valence-electron chi connectivity index (χ4n) is 1.10. The molecule has 0 bridgehead atoms. The van der Waals surface area contributed by atoms with Gasteiger partial charge in [0.15, 0.2) is 0 Å². The van der Waals surface area contributed by atoms with E-state index < -0.39 is 0 Å². The van der Waals surface area contributed by atoms with Crippen LogP contribution in [0.15, 0.2) is 36.4 Å². The fraction of sp³-hybridized carbons (Fsp3) is 0.250. The van der Waals surface area contributed by atoms with Crippen LogP contribution in [0.2, 0.25) is 0 Å². The molecule has 0 saturated carbocycles. The number of carbonyl (C=O) groups is 1. The Morgan fingerprint density at radius 3 is 2.29 bits per heavy atom. The summed E-state index contributed by atoms with van der Waals surface area (Å²) in [6.45, 7) is 1.94. The zero-order valence-corrected chi connectivity index (χ0v) is 8.82. The highest BCUT2D eigenvalue weighted by Crippen LogP contribution is 2.12. The van der Waals surface area contributed by atoms with Gasteiger partial charge in [-0.1, -0.05) is 30.3 Å². The lowest BCUT2D eigenvalue weighted by atomic mass is 10.1. The van der Waals surface area contributed by atoms with Crippen molar-refractivity contribution in [1.29, 1.82) is 0 Å². The minimum atomic E-state index is 0.0198. The van der Waals surface area contributed by atoms with E-state index in [0.717, 1.165) is 11.1 Å². The molecule has 1 aromatic rings. The molecule has 0 heterocycles. The molecule has 0 fully saturated rings. The molecule has 0 atom stereocenters. The summed E-state index contributed by atoms with van der Waals surface area (Å²) >= 11 is 0. The molecule has 0 aliphatic heterocycles. The summed E-state index contributed by atoms with van der Waals surface area (Å²) in [4.78, 5) is 12.9. The molecular weight excluding hydrogens is 174 g/mol. The van der Waals surface area contributed by atoms with Gasteiger partial charge in [-0.25, -0.2) is 0 Å². The molecule has 0 unspecified atom stereocenters. The topological polar surface area (TPSA) is 20.3 Å². The van der Waals surface area contributed by atoms with Gasteiger partial charge >= 0.3 is 0 Å². The normalized spacial score (nSPS) is 11.2. The van der Waals surface area contributed by atoms with Crippen LogP contribution in [0.5, 0.6) is 0 Å². The molecular formula is C12H15NO. The predicted octanol–water partition coefficient (Wildman–Crippen LogP) is 2.18. The van der Waals surface area contributed by atoms with E-state index in [1.54, 1.807) is 25.1 Å². The van der Waals surface area contributed by atoms with E-state index in [1.165, 1.54) is 0 Å². The number of allylic oxidation sites excluding steroid dienone is 1. The number of carbonyl (C=O) groups excluding carboxylic acids is 1. The van der Waals surface area contributed by atoms with Crippen molar-refractivity contribution in [2.45, 2.75) is 6.92 Å². The lowest BCUT2D eigenvalue weighted by Crippen LogP contribution is -2.19. The van der Waals surface area contributed by atoms with Crippen molar-refractivity contribution in [3.8, 4) is 0 Å². The molecule has 0 aliphatic rings. The summed E-state index contributed by atoms with van der Waals surface area (Å²) < 4.78 is 0. The number of benzene rings is 1. The zero-order valence-electron chi connectivity index (χ0n) is 8.82. The van der Waals surface area contributed by atoms with Crippen LogP contribution in [0, 0.1) is 0 Å². The number of hydrogen-bond acceptors (Lipinski definition) is 1. The van der Waals surface area contributed by atoms with Crippen LogP contribution in [0.3, 0.4) is 0 Å². The van der Waals surface area contributed by atoms with Crippen LogP contribution in [0.25, 0.3) is 5.57 Å². The van der Waals surface area contributed by atoms with E-state index >= 15 is 0 Å². The number of amides is 1. The quantitative estimate of drug-likeness (QED) is 0.653. The van der Waals surface area contributed by atoms with Crippen molar-refractivity contribution < 1.29 is 4.79 Å². The summed E-state index contributed by atoms with van der Waals surface area (Å²) in [6.07, 6.45) is 1.65. The van der Waals surface area contributed by atoms with Gasteiger partial charge in [-0.05, 0) is 18.1 Å². The third-order valence-corrected chi connectivity index (χ3v) is 2.01. The smallest absolute Gasteiger partial charge is 0.246 e. The van der Waals surface area contributed by atoms with Crippen LogP contribution in [0.4, 0.5) is 0 Å². The lowest BCUT2D eigenvalue weighted by molar-refractivity contribution is -0.123. The largest absolute Gasteiger partial charge is 0.345 e. The predicted molar refractivity (Wildman–Crippen MR) is 58.8 cm³/mol. The maximum absolute atomic E-state index is 11.4. The molecule has 2 heteroatoms. The van der Waals surface area contributed by atoms with Crippen LogP contribution in [-0.2, 0) is 4.79 Å². The summed E-state index contributed by atoms with van der Waals surface area (Å²) in [5.41, 5.74) is 2.08. The summed E-state index contributed by atoms with van der Waals surface area (Å²) in [7, 11) is 3.49. The highest BCUT2D eigenvalue weighted by atomic mass is 16.2. The van der Waals surface area contributed by atoms with Gasteiger partial charge in [0.1, 0.15) is 0 Å². The Kier molecular flexibility index (Phi) is 3.46. The van der Waals surface area contributed by atoms with E-state index in [1.807, 2.05) is 37.3 Å². The lowest BCUT2D eigenvalue weighted by Gasteiger charge is -2.07. The summed E-state index contributed by atoms with van der Waals surface area (Å²) in [5.74, 6) is 0.0198. The number of hydrogen-bond donors (Lipinski definition) is 0. The van der Waals surface area contributed by atoms with Gasteiger partial charge in [-0.2, -0.15) is 0 Å². The van der Waals surface area contributed by atoms with E-state index in [2.05, 4.69) is 0 Å². The molecule has 0 aromatic heterocycles.